The second-order valence-electron chi connectivity index (χ2n) is 3.74. The minimum atomic E-state index is -4.70. The monoisotopic (exact) mass is 300 g/mol. The summed E-state index contributed by atoms with van der Waals surface area (Å²) in [7, 11) is 0. The van der Waals surface area contributed by atoms with Crippen molar-refractivity contribution >= 4 is 11.8 Å². The molecule has 2 rings (SSSR count). The Bertz CT molecular complexity index is 544. The predicted octanol–water partition coefficient (Wildman–Crippen LogP) is 4.71. The molecule has 0 atom stereocenters. The van der Waals surface area contributed by atoms with Crippen molar-refractivity contribution in [2.45, 2.75) is 11.3 Å². The molecule has 0 saturated carbocycles. The van der Waals surface area contributed by atoms with Crippen LogP contribution in [0.1, 0.15) is 0 Å². The van der Waals surface area contributed by atoms with Crippen molar-refractivity contribution in [2.24, 2.45) is 0 Å². The molecule has 2 aromatic carbocycles. The zero-order valence-corrected chi connectivity index (χ0v) is 11.1. The van der Waals surface area contributed by atoms with Crippen molar-refractivity contribution in [1.29, 1.82) is 0 Å². The summed E-state index contributed by atoms with van der Waals surface area (Å²) in [6, 6.07) is 15.0. The van der Waals surface area contributed by atoms with E-state index in [0.717, 1.165) is 4.90 Å². The van der Waals surface area contributed by atoms with Crippen molar-refractivity contribution in [3.05, 3.63) is 54.6 Å². The molecule has 0 N–H and O–H groups in total. The van der Waals surface area contributed by atoms with Gasteiger partial charge in [0.25, 0.3) is 0 Å². The lowest BCUT2D eigenvalue weighted by Crippen LogP contribution is -2.17. The number of benzene rings is 2. The molecule has 0 bridgehead atoms. The standard InChI is InChI=1S/C14H11F3O2S/c15-14(16,17)19-12-6-4-5-11(9-12)18-10-20-13-7-2-1-3-8-13/h1-9H,10H2. The molecular formula is C14H11F3O2S. The van der Waals surface area contributed by atoms with Gasteiger partial charge in [-0.25, -0.2) is 0 Å². The number of ether oxygens (including phenoxy) is 2. The lowest BCUT2D eigenvalue weighted by Gasteiger charge is -2.10. The highest BCUT2D eigenvalue weighted by Gasteiger charge is 2.31. The fraction of sp³-hybridized carbons (Fsp3) is 0.143. The van der Waals surface area contributed by atoms with Gasteiger partial charge < -0.3 is 9.47 Å². The van der Waals surface area contributed by atoms with E-state index < -0.39 is 6.36 Å². The normalized spacial score (nSPS) is 11.2. The van der Waals surface area contributed by atoms with E-state index in [1.807, 2.05) is 30.3 Å². The summed E-state index contributed by atoms with van der Waals surface area (Å²) in [4.78, 5) is 1.02. The number of hydrogen-bond donors (Lipinski definition) is 0. The Morgan fingerprint density at radius 3 is 2.30 bits per heavy atom. The van der Waals surface area contributed by atoms with Crippen LogP contribution in [0.4, 0.5) is 13.2 Å². The molecule has 106 valence electrons. The molecule has 2 aromatic rings. The molecule has 0 aliphatic carbocycles. The molecule has 0 heterocycles. The molecule has 0 amide bonds. The maximum absolute atomic E-state index is 12.1. The first-order chi connectivity index (χ1) is 9.53. The van der Waals surface area contributed by atoms with Crippen molar-refractivity contribution in [3.8, 4) is 11.5 Å². The molecule has 0 aliphatic rings. The molecule has 0 aromatic heterocycles. The summed E-state index contributed by atoms with van der Waals surface area (Å²) in [6.07, 6.45) is -4.70. The summed E-state index contributed by atoms with van der Waals surface area (Å²) < 4.78 is 45.4. The Hall–Kier alpha value is -1.82. The maximum Gasteiger partial charge on any atom is 0.573 e. The number of halogens is 3. The van der Waals surface area contributed by atoms with E-state index in [1.165, 1.54) is 30.0 Å². The van der Waals surface area contributed by atoms with Crippen LogP contribution in [0.5, 0.6) is 11.5 Å². The van der Waals surface area contributed by atoms with Gasteiger partial charge in [0.05, 0.1) is 0 Å². The molecule has 6 heteroatoms. The predicted molar refractivity (Wildman–Crippen MR) is 70.9 cm³/mol. The summed E-state index contributed by atoms with van der Waals surface area (Å²) in [5.74, 6) is 0.342. The maximum atomic E-state index is 12.1. The first kappa shape index (κ1) is 14.6. The fourth-order valence-corrected chi connectivity index (χ4v) is 2.12. The van der Waals surface area contributed by atoms with Gasteiger partial charge in [-0.05, 0) is 24.3 Å². The minimum Gasteiger partial charge on any atom is -0.483 e. The molecule has 2 nitrogen and oxygen atoms in total. The van der Waals surface area contributed by atoms with Crippen LogP contribution in [-0.2, 0) is 0 Å². The van der Waals surface area contributed by atoms with Crippen molar-refractivity contribution in [3.63, 3.8) is 0 Å². The van der Waals surface area contributed by atoms with E-state index in [4.69, 9.17) is 4.74 Å². The van der Waals surface area contributed by atoms with Crippen LogP contribution in [0.15, 0.2) is 59.5 Å². The molecule has 0 unspecified atom stereocenters. The van der Waals surface area contributed by atoms with Gasteiger partial charge in [-0.2, -0.15) is 0 Å². The van der Waals surface area contributed by atoms with E-state index in [-0.39, 0.29) is 5.75 Å². The number of rotatable bonds is 5. The van der Waals surface area contributed by atoms with Crippen molar-refractivity contribution in [2.75, 3.05) is 5.94 Å². The van der Waals surface area contributed by atoms with Gasteiger partial charge >= 0.3 is 6.36 Å². The van der Waals surface area contributed by atoms with E-state index in [2.05, 4.69) is 4.74 Å². The molecule has 0 fully saturated rings. The van der Waals surface area contributed by atoms with E-state index in [0.29, 0.717) is 11.7 Å². The van der Waals surface area contributed by atoms with Gasteiger partial charge in [-0.15, -0.1) is 13.2 Å². The van der Waals surface area contributed by atoms with Crippen LogP contribution >= 0.6 is 11.8 Å². The van der Waals surface area contributed by atoms with Crippen LogP contribution in [0.3, 0.4) is 0 Å². The third kappa shape index (κ3) is 5.05. The van der Waals surface area contributed by atoms with E-state index >= 15 is 0 Å². The summed E-state index contributed by atoms with van der Waals surface area (Å²) in [5.41, 5.74) is 0. The third-order valence-electron chi connectivity index (χ3n) is 2.23. The lowest BCUT2D eigenvalue weighted by atomic mass is 10.3. The van der Waals surface area contributed by atoms with Gasteiger partial charge in [-0.3, -0.25) is 0 Å². The van der Waals surface area contributed by atoms with E-state index in [1.54, 1.807) is 6.07 Å². The van der Waals surface area contributed by atoms with Crippen LogP contribution in [0, 0.1) is 0 Å². The Balaban J connectivity index is 1.88. The number of thioether (sulfide) groups is 1. The smallest absolute Gasteiger partial charge is 0.483 e. The second kappa shape index (κ2) is 6.56. The Labute approximate surface area is 118 Å². The van der Waals surface area contributed by atoms with Gasteiger partial charge in [0.15, 0.2) is 0 Å². The minimum absolute atomic E-state index is 0.292. The zero-order chi connectivity index (χ0) is 14.4. The molecule has 0 spiro atoms. The Morgan fingerprint density at radius 2 is 1.60 bits per heavy atom. The van der Waals surface area contributed by atoms with Crippen molar-refractivity contribution in [1.82, 2.24) is 0 Å². The van der Waals surface area contributed by atoms with Gasteiger partial charge in [-0.1, -0.05) is 36.0 Å². The summed E-state index contributed by atoms with van der Waals surface area (Å²) in [6.45, 7) is 0. The Morgan fingerprint density at radius 1 is 0.900 bits per heavy atom. The highest BCUT2D eigenvalue weighted by atomic mass is 32.2. The van der Waals surface area contributed by atoms with Crippen LogP contribution in [-0.4, -0.2) is 12.3 Å². The molecule has 20 heavy (non-hydrogen) atoms. The summed E-state index contributed by atoms with van der Waals surface area (Å²) in [5, 5.41) is 0. The van der Waals surface area contributed by atoms with Gasteiger partial charge in [0, 0.05) is 11.0 Å². The molecule has 0 aliphatic heterocycles. The molecular weight excluding hydrogens is 289 g/mol. The largest absolute Gasteiger partial charge is 0.573 e. The summed E-state index contributed by atoms with van der Waals surface area (Å²) >= 11 is 1.45. The van der Waals surface area contributed by atoms with Crippen LogP contribution < -0.4 is 9.47 Å². The van der Waals surface area contributed by atoms with Gasteiger partial charge in [0.2, 0.25) is 0 Å². The quantitative estimate of drug-likeness (QED) is 0.588. The average Bonchev–Trinajstić information content (AvgIpc) is 2.38. The second-order valence-corrected chi connectivity index (χ2v) is 4.74. The third-order valence-corrected chi connectivity index (χ3v) is 3.07. The fourth-order valence-electron chi connectivity index (χ4n) is 1.44. The topological polar surface area (TPSA) is 18.5 Å². The number of hydrogen-bond acceptors (Lipinski definition) is 3. The van der Waals surface area contributed by atoms with Crippen molar-refractivity contribution < 1.29 is 22.6 Å². The lowest BCUT2D eigenvalue weighted by molar-refractivity contribution is -0.274. The first-order valence-corrected chi connectivity index (χ1v) is 6.68. The molecule has 0 saturated heterocycles. The first-order valence-electron chi connectivity index (χ1n) is 5.69. The van der Waals surface area contributed by atoms with Gasteiger partial charge in [0.1, 0.15) is 17.4 Å². The van der Waals surface area contributed by atoms with E-state index in [9.17, 15) is 13.2 Å². The molecule has 0 radical (unpaired) electrons. The SMILES string of the molecule is FC(F)(F)Oc1cccc(OCSc2ccccc2)c1. The Kier molecular flexibility index (Phi) is 4.79. The zero-order valence-electron chi connectivity index (χ0n) is 10.3. The van der Waals surface area contributed by atoms with Crippen LogP contribution in [0.25, 0.3) is 0 Å². The number of alkyl halides is 3. The highest BCUT2D eigenvalue weighted by Crippen LogP contribution is 2.27. The van der Waals surface area contributed by atoms with Crippen LogP contribution in [0.2, 0.25) is 0 Å². The average molecular weight is 300 g/mol. The highest BCUT2D eigenvalue weighted by molar-refractivity contribution is 7.99.